The Morgan fingerprint density at radius 2 is 2.20 bits per heavy atom. The number of hydrogen-bond acceptors (Lipinski definition) is 3. The maximum absolute atomic E-state index is 11.0. The van der Waals surface area contributed by atoms with Gasteiger partial charge in [0.1, 0.15) is 17.8 Å². The van der Waals surface area contributed by atoms with Crippen molar-refractivity contribution >= 4 is 5.97 Å². The summed E-state index contributed by atoms with van der Waals surface area (Å²) in [5, 5.41) is 0. The van der Waals surface area contributed by atoms with Crippen LogP contribution in [-0.4, -0.2) is 23.8 Å². The third-order valence-corrected chi connectivity index (χ3v) is 4.29. The summed E-state index contributed by atoms with van der Waals surface area (Å²) in [7, 11) is 0. The molecule has 84 valence electrons. The van der Waals surface area contributed by atoms with Crippen LogP contribution in [0.1, 0.15) is 45.4 Å². The van der Waals surface area contributed by atoms with E-state index in [0.717, 1.165) is 12.3 Å². The van der Waals surface area contributed by atoms with E-state index in [9.17, 15) is 4.79 Å². The van der Waals surface area contributed by atoms with Crippen LogP contribution in [0.25, 0.3) is 0 Å². The summed E-state index contributed by atoms with van der Waals surface area (Å²) in [5.41, 5.74) is 0.122. The quantitative estimate of drug-likeness (QED) is 0.491. The highest BCUT2D eigenvalue weighted by Gasteiger charge is 2.67. The first kappa shape index (κ1) is 9.64. The van der Waals surface area contributed by atoms with Crippen LogP contribution in [0.4, 0.5) is 0 Å². The highest BCUT2D eigenvalue weighted by atomic mass is 16.6. The van der Waals surface area contributed by atoms with E-state index in [1.165, 1.54) is 39.0 Å². The normalized spacial score (nSPS) is 47.7. The van der Waals surface area contributed by atoms with Crippen molar-refractivity contribution in [2.24, 2.45) is 5.92 Å². The average Bonchev–Trinajstić information content (AvgIpc) is 2.91. The lowest BCUT2D eigenvalue weighted by atomic mass is 9.70. The van der Waals surface area contributed by atoms with Gasteiger partial charge in [0.15, 0.2) is 0 Å². The standard InChI is InChI=1S/C12H18O3/c1-8(13)14-10-6-5-9-4-2-3-7-12(9)11(10)15-12/h9-11H,2-7H2,1H3/t9-,10+,11+,12-/m0/s1. The van der Waals surface area contributed by atoms with Crippen LogP contribution >= 0.6 is 0 Å². The van der Waals surface area contributed by atoms with Crippen molar-refractivity contribution in [3.05, 3.63) is 0 Å². The van der Waals surface area contributed by atoms with Crippen LogP contribution in [0.3, 0.4) is 0 Å². The van der Waals surface area contributed by atoms with Crippen LogP contribution < -0.4 is 0 Å². The lowest BCUT2D eigenvalue weighted by Crippen LogP contribution is -2.41. The molecule has 0 aromatic rings. The molecule has 15 heavy (non-hydrogen) atoms. The van der Waals surface area contributed by atoms with Crippen LogP contribution in [0, 0.1) is 5.92 Å². The second-order valence-corrected chi connectivity index (χ2v) is 5.16. The zero-order valence-electron chi connectivity index (χ0n) is 9.20. The fourth-order valence-corrected chi connectivity index (χ4v) is 3.60. The average molecular weight is 210 g/mol. The monoisotopic (exact) mass is 210 g/mol. The van der Waals surface area contributed by atoms with E-state index in [0.29, 0.717) is 0 Å². The maximum Gasteiger partial charge on any atom is 0.302 e. The van der Waals surface area contributed by atoms with E-state index in [1.807, 2.05) is 0 Å². The van der Waals surface area contributed by atoms with Crippen molar-refractivity contribution in [3.8, 4) is 0 Å². The van der Waals surface area contributed by atoms with Gasteiger partial charge in [-0.05, 0) is 31.6 Å². The van der Waals surface area contributed by atoms with E-state index in [-0.39, 0.29) is 23.8 Å². The molecule has 0 aromatic heterocycles. The first-order valence-corrected chi connectivity index (χ1v) is 6.07. The Hall–Kier alpha value is -0.570. The van der Waals surface area contributed by atoms with Crippen molar-refractivity contribution in [1.82, 2.24) is 0 Å². The molecule has 3 aliphatic rings. The Labute approximate surface area is 90.1 Å². The lowest BCUT2D eigenvalue weighted by molar-refractivity contribution is -0.148. The molecule has 3 nitrogen and oxygen atoms in total. The molecule has 3 fully saturated rings. The van der Waals surface area contributed by atoms with Crippen molar-refractivity contribution in [2.45, 2.75) is 63.3 Å². The number of carbonyl (C=O) groups is 1. The van der Waals surface area contributed by atoms with E-state index in [1.54, 1.807) is 0 Å². The number of hydrogen-bond donors (Lipinski definition) is 0. The molecule has 0 amide bonds. The lowest BCUT2D eigenvalue weighted by Gasteiger charge is -2.34. The van der Waals surface area contributed by atoms with Crippen molar-refractivity contribution in [1.29, 1.82) is 0 Å². The van der Waals surface area contributed by atoms with Crippen LogP contribution in [0.15, 0.2) is 0 Å². The third kappa shape index (κ3) is 1.40. The Morgan fingerprint density at radius 3 is 3.00 bits per heavy atom. The SMILES string of the molecule is CC(=O)O[C@@H]1CC[C@@H]2CCCC[C@]23O[C@H]13. The van der Waals surface area contributed by atoms with Gasteiger partial charge in [-0.1, -0.05) is 12.8 Å². The predicted molar refractivity (Wildman–Crippen MR) is 54.4 cm³/mol. The van der Waals surface area contributed by atoms with Crippen molar-refractivity contribution in [2.75, 3.05) is 0 Å². The summed E-state index contributed by atoms with van der Waals surface area (Å²) in [6.07, 6.45) is 7.55. The van der Waals surface area contributed by atoms with Gasteiger partial charge < -0.3 is 9.47 Å². The van der Waals surface area contributed by atoms with Crippen molar-refractivity contribution < 1.29 is 14.3 Å². The molecule has 3 heteroatoms. The number of carbonyl (C=O) groups excluding carboxylic acids is 1. The Balaban J connectivity index is 1.72. The van der Waals surface area contributed by atoms with Gasteiger partial charge >= 0.3 is 5.97 Å². The minimum Gasteiger partial charge on any atom is -0.460 e. The number of epoxide rings is 1. The van der Waals surface area contributed by atoms with Gasteiger partial charge in [0.2, 0.25) is 0 Å². The molecule has 0 radical (unpaired) electrons. The maximum atomic E-state index is 11.0. The highest BCUT2D eigenvalue weighted by Crippen LogP contribution is 2.58. The van der Waals surface area contributed by atoms with Gasteiger partial charge in [0.25, 0.3) is 0 Å². The predicted octanol–water partition coefficient (Wildman–Crippen LogP) is 2.04. The largest absolute Gasteiger partial charge is 0.460 e. The molecular weight excluding hydrogens is 192 g/mol. The molecule has 1 saturated heterocycles. The van der Waals surface area contributed by atoms with Crippen LogP contribution in [0.5, 0.6) is 0 Å². The van der Waals surface area contributed by atoms with Gasteiger partial charge in [-0.2, -0.15) is 0 Å². The molecule has 4 atom stereocenters. The summed E-state index contributed by atoms with van der Waals surface area (Å²) >= 11 is 0. The molecule has 0 N–H and O–H groups in total. The second-order valence-electron chi connectivity index (χ2n) is 5.16. The van der Waals surface area contributed by atoms with Gasteiger partial charge in [-0.3, -0.25) is 4.79 Å². The molecule has 1 aliphatic heterocycles. The molecule has 1 spiro atoms. The molecule has 0 unspecified atom stereocenters. The molecule has 3 rings (SSSR count). The number of rotatable bonds is 1. The van der Waals surface area contributed by atoms with E-state index >= 15 is 0 Å². The molecule has 2 aliphatic carbocycles. The minimum absolute atomic E-state index is 0.0387. The smallest absolute Gasteiger partial charge is 0.302 e. The van der Waals surface area contributed by atoms with Gasteiger partial charge in [-0.15, -0.1) is 0 Å². The minimum atomic E-state index is -0.167. The summed E-state index contributed by atoms with van der Waals surface area (Å²) in [6.45, 7) is 1.49. The summed E-state index contributed by atoms with van der Waals surface area (Å²) < 4.78 is 11.2. The Kier molecular flexibility index (Phi) is 2.06. The van der Waals surface area contributed by atoms with E-state index < -0.39 is 0 Å². The molecule has 1 heterocycles. The van der Waals surface area contributed by atoms with E-state index in [4.69, 9.17) is 9.47 Å². The molecule has 0 bridgehead atoms. The first-order chi connectivity index (χ1) is 7.22. The van der Waals surface area contributed by atoms with Crippen molar-refractivity contribution in [3.63, 3.8) is 0 Å². The summed E-state index contributed by atoms with van der Waals surface area (Å²) in [6, 6.07) is 0. The summed E-state index contributed by atoms with van der Waals surface area (Å²) in [5.74, 6) is 0.572. The van der Waals surface area contributed by atoms with Crippen LogP contribution in [-0.2, 0) is 14.3 Å². The zero-order chi connectivity index (χ0) is 10.5. The van der Waals surface area contributed by atoms with Crippen LogP contribution in [0.2, 0.25) is 0 Å². The topological polar surface area (TPSA) is 38.8 Å². The third-order valence-electron chi connectivity index (χ3n) is 4.29. The van der Waals surface area contributed by atoms with Gasteiger partial charge in [0, 0.05) is 6.92 Å². The van der Waals surface area contributed by atoms with Gasteiger partial charge in [-0.25, -0.2) is 0 Å². The number of esters is 1. The first-order valence-electron chi connectivity index (χ1n) is 6.07. The van der Waals surface area contributed by atoms with Gasteiger partial charge in [0.05, 0.1) is 0 Å². The number of ether oxygens (including phenoxy) is 2. The Morgan fingerprint density at radius 1 is 1.33 bits per heavy atom. The summed E-state index contributed by atoms with van der Waals surface area (Å²) in [4.78, 5) is 11.0. The van der Waals surface area contributed by atoms with E-state index in [2.05, 4.69) is 0 Å². The second kappa shape index (κ2) is 3.21. The fraction of sp³-hybridized carbons (Fsp3) is 0.917. The highest BCUT2D eigenvalue weighted by molar-refractivity contribution is 5.66. The zero-order valence-corrected chi connectivity index (χ0v) is 9.20. The fourth-order valence-electron chi connectivity index (χ4n) is 3.60. The molecular formula is C12H18O3. The Bertz CT molecular complexity index is 289. The molecule has 0 aromatic carbocycles. The molecule has 2 saturated carbocycles.